The van der Waals surface area contributed by atoms with Gasteiger partial charge in [0, 0.05) is 34.2 Å². The van der Waals surface area contributed by atoms with Crippen LogP contribution in [0.25, 0.3) is 0 Å². The number of benzene rings is 2. The molecule has 146 valence electrons. The molecule has 2 rings (SSSR count). The summed E-state index contributed by atoms with van der Waals surface area (Å²) in [6, 6.07) is 12.7. The molecule has 0 spiro atoms. The van der Waals surface area contributed by atoms with Crippen LogP contribution in [-0.2, 0) is 10.5 Å². The van der Waals surface area contributed by atoms with Crippen molar-refractivity contribution >= 4 is 40.9 Å². The van der Waals surface area contributed by atoms with Gasteiger partial charge in [0.1, 0.15) is 11.5 Å². The number of carbonyl (C=O) groups excluding carboxylic acids is 1. The first-order valence-electron chi connectivity index (χ1n) is 8.63. The Kier molecular flexibility index (Phi) is 9.11. The Morgan fingerprint density at radius 3 is 2.67 bits per heavy atom. The predicted octanol–water partition coefficient (Wildman–Crippen LogP) is 5.21. The maximum atomic E-state index is 12.3. The number of nitrogens with one attached hydrogen (secondary N) is 1. The summed E-state index contributed by atoms with van der Waals surface area (Å²) in [7, 11) is 1.60. The Bertz CT molecular complexity index is 758. The molecule has 1 N–H and O–H groups in total. The topological polar surface area (TPSA) is 47.6 Å². The van der Waals surface area contributed by atoms with Crippen LogP contribution in [0.4, 0.5) is 0 Å². The van der Waals surface area contributed by atoms with Crippen LogP contribution in [0.2, 0.25) is 10.0 Å². The molecule has 0 radical (unpaired) electrons. The van der Waals surface area contributed by atoms with Gasteiger partial charge in [0.15, 0.2) is 6.10 Å². The van der Waals surface area contributed by atoms with E-state index in [1.807, 2.05) is 37.3 Å². The standard InChI is InChI=1S/C20H23Cl2NO3S/c1-3-19(26-17-6-4-5-16(12-17)25-2)20(24)23-9-10-27-13-14-7-8-15(21)11-18(14)22/h4-8,11-12,19H,3,9-10,13H2,1-2H3,(H,23,24)/t19-/m0/s1. The molecule has 0 aliphatic carbocycles. The molecule has 0 bridgehead atoms. The second kappa shape index (κ2) is 11.3. The lowest BCUT2D eigenvalue weighted by molar-refractivity contribution is -0.127. The van der Waals surface area contributed by atoms with Gasteiger partial charge in [-0.2, -0.15) is 11.8 Å². The Balaban J connectivity index is 1.74. The molecule has 0 saturated carbocycles. The zero-order chi connectivity index (χ0) is 19.6. The quantitative estimate of drug-likeness (QED) is 0.528. The third-order valence-electron chi connectivity index (χ3n) is 3.80. The lowest BCUT2D eigenvalue weighted by Crippen LogP contribution is -2.39. The number of halogens is 2. The van der Waals surface area contributed by atoms with E-state index >= 15 is 0 Å². The SMILES string of the molecule is CC[C@H](Oc1cccc(OC)c1)C(=O)NCCSCc1ccc(Cl)cc1Cl. The van der Waals surface area contributed by atoms with E-state index in [1.54, 1.807) is 31.0 Å². The first-order valence-corrected chi connectivity index (χ1v) is 10.5. The van der Waals surface area contributed by atoms with E-state index in [9.17, 15) is 4.79 Å². The van der Waals surface area contributed by atoms with E-state index in [0.29, 0.717) is 34.5 Å². The summed E-state index contributed by atoms with van der Waals surface area (Å²) < 4.78 is 11.0. The van der Waals surface area contributed by atoms with Gasteiger partial charge in [-0.1, -0.05) is 42.3 Å². The van der Waals surface area contributed by atoms with Gasteiger partial charge in [0.2, 0.25) is 0 Å². The summed E-state index contributed by atoms with van der Waals surface area (Å²) in [5.41, 5.74) is 1.03. The van der Waals surface area contributed by atoms with Crippen molar-refractivity contribution < 1.29 is 14.3 Å². The van der Waals surface area contributed by atoms with Gasteiger partial charge in [-0.15, -0.1) is 0 Å². The number of hydrogen-bond acceptors (Lipinski definition) is 4. The number of carbonyl (C=O) groups is 1. The van der Waals surface area contributed by atoms with Gasteiger partial charge in [-0.05, 0) is 36.2 Å². The van der Waals surface area contributed by atoms with Crippen LogP contribution in [0.3, 0.4) is 0 Å². The molecule has 0 aliphatic rings. The monoisotopic (exact) mass is 427 g/mol. The van der Waals surface area contributed by atoms with Crippen molar-refractivity contribution in [3.8, 4) is 11.5 Å². The summed E-state index contributed by atoms with van der Waals surface area (Å²) in [6.45, 7) is 2.48. The fourth-order valence-electron chi connectivity index (χ4n) is 2.34. The molecule has 0 saturated heterocycles. The van der Waals surface area contributed by atoms with Crippen molar-refractivity contribution in [3.63, 3.8) is 0 Å². The van der Waals surface area contributed by atoms with Crippen molar-refractivity contribution in [2.75, 3.05) is 19.4 Å². The number of methoxy groups -OCH3 is 1. The molecule has 0 aliphatic heterocycles. The zero-order valence-corrected chi connectivity index (χ0v) is 17.7. The fourth-order valence-corrected chi connectivity index (χ4v) is 3.76. The van der Waals surface area contributed by atoms with Crippen molar-refractivity contribution in [1.82, 2.24) is 5.32 Å². The third-order valence-corrected chi connectivity index (χ3v) is 5.40. The highest BCUT2D eigenvalue weighted by Gasteiger charge is 2.18. The van der Waals surface area contributed by atoms with Crippen molar-refractivity contribution in [1.29, 1.82) is 0 Å². The molecule has 2 aromatic carbocycles. The van der Waals surface area contributed by atoms with Gasteiger partial charge in [0.25, 0.3) is 5.91 Å². The highest BCUT2D eigenvalue weighted by atomic mass is 35.5. The molecule has 27 heavy (non-hydrogen) atoms. The number of thioether (sulfide) groups is 1. The minimum Gasteiger partial charge on any atom is -0.497 e. The molecule has 0 unspecified atom stereocenters. The van der Waals surface area contributed by atoms with Crippen LogP contribution in [0.1, 0.15) is 18.9 Å². The van der Waals surface area contributed by atoms with E-state index in [0.717, 1.165) is 17.1 Å². The van der Waals surface area contributed by atoms with Crippen LogP contribution < -0.4 is 14.8 Å². The molecule has 0 aromatic heterocycles. The Morgan fingerprint density at radius 1 is 1.19 bits per heavy atom. The minimum absolute atomic E-state index is 0.120. The smallest absolute Gasteiger partial charge is 0.261 e. The predicted molar refractivity (Wildman–Crippen MR) is 113 cm³/mol. The highest BCUT2D eigenvalue weighted by molar-refractivity contribution is 7.98. The molecule has 0 heterocycles. The Morgan fingerprint density at radius 2 is 1.96 bits per heavy atom. The molecule has 7 heteroatoms. The average Bonchev–Trinajstić information content (AvgIpc) is 2.67. The minimum atomic E-state index is -0.534. The molecule has 1 atom stereocenters. The van der Waals surface area contributed by atoms with Gasteiger partial charge in [-0.3, -0.25) is 4.79 Å². The van der Waals surface area contributed by atoms with Crippen molar-refractivity contribution in [2.24, 2.45) is 0 Å². The zero-order valence-electron chi connectivity index (χ0n) is 15.3. The van der Waals surface area contributed by atoms with E-state index in [2.05, 4.69) is 5.32 Å². The van der Waals surface area contributed by atoms with Crippen LogP contribution >= 0.6 is 35.0 Å². The number of rotatable bonds is 10. The van der Waals surface area contributed by atoms with Gasteiger partial charge in [-0.25, -0.2) is 0 Å². The normalized spacial score (nSPS) is 11.7. The highest BCUT2D eigenvalue weighted by Crippen LogP contribution is 2.24. The van der Waals surface area contributed by atoms with E-state index in [1.165, 1.54) is 0 Å². The van der Waals surface area contributed by atoms with E-state index < -0.39 is 6.10 Å². The number of hydrogen-bond donors (Lipinski definition) is 1. The first-order chi connectivity index (χ1) is 13.0. The maximum Gasteiger partial charge on any atom is 0.261 e. The second-order valence-corrected chi connectivity index (χ2v) is 7.72. The van der Waals surface area contributed by atoms with Crippen molar-refractivity contribution in [2.45, 2.75) is 25.2 Å². The Hall–Kier alpha value is -1.56. The number of ether oxygens (including phenoxy) is 2. The van der Waals surface area contributed by atoms with Crippen LogP contribution in [0.5, 0.6) is 11.5 Å². The summed E-state index contributed by atoms with van der Waals surface area (Å²) in [5.74, 6) is 2.73. The van der Waals surface area contributed by atoms with Crippen LogP contribution in [0, 0.1) is 0 Å². The molecule has 4 nitrogen and oxygen atoms in total. The van der Waals surface area contributed by atoms with Crippen LogP contribution in [0.15, 0.2) is 42.5 Å². The summed E-state index contributed by atoms with van der Waals surface area (Å²) >= 11 is 13.8. The first kappa shape index (κ1) is 21.7. The summed E-state index contributed by atoms with van der Waals surface area (Å²) in [5, 5.41) is 4.21. The third kappa shape index (κ3) is 7.17. The summed E-state index contributed by atoms with van der Waals surface area (Å²) in [6.07, 6.45) is 0.0455. The lowest BCUT2D eigenvalue weighted by Gasteiger charge is -2.17. The van der Waals surface area contributed by atoms with E-state index in [-0.39, 0.29) is 5.91 Å². The maximum absolute atomic E-state index is 12.3. The summed E-state index contributed by atoms with van der Waals surface area (Å²) in [4.78, 5) is 12.3. The van der Waals surface area contributed by atoms with Crippen molar-refractivity contribution in [3.05, 3.63) is 58.1 Å². The lowest BCUT2D eigenvalue weighted by atomic mass is 10.2. The molecular weight excluding hydrogens is 405 g/mol. The van der Waals surface area contributed by atoms with Crippen LogP contribution in [-0.4, -0.2) is 31.4 Å². The molecule has 2 aromatic rings. The molecular formula is C20H23Cl2NO3S. The molecule has 1 amide bonds. The average molecular weight is 428 g/mol. The Labute approximate surface area is 174 Å². The van der Waals surface area contributed by atoms with Gasteiger partial charge in [0.05, 0.1) is 7.11 Å². The largest absolute Gasteiger partial charge is 0.497 e. The van der Waals surface area contributed by atoms with E-state index in [4.69, 9.17) is 32.7 Å². The second-order valence-electron chi connectivity index (χ2n) is 5.77. The fraction of sp³-hybridized carbons (Fsp3) is 0.350. The molecule has 0 fully saturated rings. The number of amides is 1. The van der Waals surface area contributed by atoms with Gasteiger partial charge < -0.3 is 14.8 Å². The van der Waals surface area contributed by atoms with Gasteiger partial charge >= 0.3 is 0 Å².